The molecule has 18 heavy (non-hydrogen) atoms. The Morgan fingerprint density at radius 1 is 1.28 bits per heavy atom. The molecule has 1 N–H and O–H groups in total. The van der Waals surface area contributed by atoms with Crippen molar-refractivity contribution >= 4 is 11.8 Å². The van der Waals surface area contributed by atoms with Gasteiger partial charge < -0.3 is 5.11 Å². The highest BCUT2D eigenvalue weighted by Gasteiger charge is 2.35. The van der Waals surface area contributed by atoms with Crippen LogP contribution in [0.15, 0.2) is 29.4 Å². The quantitative estimate of drug-likeness (QED) is 0.370. The van der Waals surface area contributed by atoms with Gasteiger partial charge in [-0.05, 0) is 17.7 Å². The fourth-order valence-electron chi connectivity index (χ4n) is 1.80. The molecule has 1 aliphatic rings. The molecule has 0 saturated heterocycles. The van der Waals surface area contributed by atoms with E-state index in [1.165, 1.54) is 0 Å². The lowest BCUT2D eigenvalue weighted by Gasteiger charge is -2.16. The van der Waals surface area contributed by atoms with Crippen LogP contribution in [0.3, 0.4) is 0 Å². The number of fused-ring (bicyclic) bond motifs is 1. The number of azide groups is 1. The molecule has 0 bridgehead atoms. The second-order valence-electron chi connectivity index (χ2n) is 3.83. The number of β-amino-alcohol motifs (C(OH)–C–C–N with tert-alkyl or cyclic N) is 1. The van der Waals surface area contributed by atoms with Crippen molar-refractivity contribution in [2.45, 2.75) is 6.10 Å². The van der Waals surface area contributed by atoms with Gasteiger partial charge in [-0.15, -0.1) is 0 Å². The number of benzene rings is 1. The molecule has 0 unspecified atom stereocenters. The Morgan fingerprint density at radius 2 is 1.83 bits per heavy atom. The number of carbonyl (C=O) groups is 2. The maximum absolute atomic E-state index is 11.9. The molecule has 1 heterocycles. The Kier molecular flexibility index (Phi) is 3.27. The number of imide groups is 1. The van der Waals surface area contributed by atoms with E-state index in [2.05, 4.69) is 10.0 Å². The number of aliphatic hydroxyl groups is 1. The first-order valence-electron chi connectivity index (χ1n) is 5.29. The first-order chi connectivity index (χ1) is 8.65. The van der Waals surface area contributed by atoms with Crippen LogP contribution >= 0.6 is 0 Å². The minimum absolute atomic E-state index is 0.175. The van der Waals surface area contributed by atoms with Gasteiger partial charge in [0.15, 0.2) is 0 Å². The van der Waals surface area contributed by atoms with E-state index in [1.807, 2.05) is 0 Å². The lowest BCUT2D eigenvalue weighted by atomic mass is 10.1. The molecule has 7 nitrogen and oxygen atoms in total. The van der Waals surface area contributed by atoms with Crippen LogP contribution in [0.5, 0.6) is 0 Å². The predicted molar refractivity (Wildman–Crippen MR) is 61.8 cm³/mol. The van der Waals surface area contributed by atoms with Crippen LogP contribution < -0.4 is 0 Å². The number of hydrogen-bond donors (Lipinski definition) is 1. The maximum Gasteiger partial charge on any atom is 0.261 e. The summed E-state index contributed by atoms with van der Waals surface area (Å²) in [5, 5.41) is 12.7. The second-order valence-corrected chi connectivity index (χ2v) is 3.83. The Bertz CT molecular complexity index is 516. The lowest BCUT2D eigenvalue weighted by molar-refractivity contribution is 0.0554. The highest BCUT2D eigenvalue weighted by atomic mass is 16.3. The Balaban J connectivity index is 2.16. The molecular formula is C11H10N4O3. The van der Waals surface area contributed by atoms with Crippen molar-refractivity contribution < 1.29 is 14.7 Å². The molecule has 0 spiro atoms. The van der Waals surface area contributed by atoms with E-state index in [0.29, 0.717) is 11.1 Å². The average molecular weight is 246 g/mol. The monoisotopic (exact) mass is 246 g/mol. The van der Waals surface area contributed by atoms with E-state index >= 15 is 0 Å². The number of carbonyl (C=O) groups excluding carboxylic acids is 2. The predicted octanol–water partition coefficient (Wildman–Crippen LogP) is 0.954. The van der Waals surface area contributed by atoms with Crippen molar-refractivity contribution in [3.8, 4) is 0 Å². The van der Waals surface area contributed by atoms with E-state index < -0.39 is 17.9 Å². The third-order valence-corrected chi connectivity index (χ3v) is 2.63. The molecule has 0 aromatic heterocycles. The zero-order chi connectivity index (χ0) is 13.1. The van der Waals surface area contributed by atoms with Crippen LogP contribution in [0, 0.1) is 0 Å². The average Bonchev–Trinajstić information content (AvgIpc) is 2.62. The van der Waals surface area contributed by atoms with Crippen molar-refractivity contribution in [2.75, 3.05) is 13.1 Å². The first kappa shape index (κ1) is 12.1. The molecule has 0 saturated carbocycles. The van der Waals surface area contributed by atoms with Crippen LogP contribution in [-0.4, -0.2) is 41.0 Å². The van der Waals surface area contributed by atoms with Crippen molar-refractivity contribution in [3.63, 3.8) is 0 Å². The number of amides is 2. The molecule has 1 aromatic rings. The van der Waals surface area contributed by atoms with Gasteiger partial charge in [0, 0.05) is 4.91 Å². The smallest absolute Gasteiger partial charge is 0.261 e. The number of aliphatic hydroxyl groups excluding tert-OH is 1. The second kappa shape index (κ2) is 4.87. The summed E-state index contributed by atoms with van der Waals surface area (Å²) in [6, 6.07) is 6.47. The minimum atomic E-state index is -1.05. The summed E-state index contributed by atoms with van der Waals surface area (Å²) in [6.07, 6.45) is -1.05. The maximum atomic E-state index is 11.9. The van der Waals surface area contributed by atoms with Crippen LogP contribution in [0.25, 0.3) is 10.4 Å². The first-order valence-corrected chi connectivity index (χ1v) is 5.29. The minimum Gasteiger partial charge on any atom is -0.391 e. The normalized spacial score (nSPS) is 15.3. The summed E-state index contributed by atoms with van der Waals surface area (Å²) in [4.78, 5) is 27.3. The SMILES string of the molecule is [N-]=[N+]=NC[C@H](O)CN1C(=O)c2ccccc2C1=O. The molecule has 7 heteroatoms. The van der Waals surface area contributed by atoms with E-state index in [-0.39, 0.29) is 13.1 Å². The Labute approximate surface area is 102 Å². The third kappa shape index (κ3) is 2.04. The van der Waals surface area contributed by atoms with Crippen molar-refractivity contribution in [2.24, 2.45) is 5.11 Å². The third-order valence-electron chi connectivity index (χ3n) is 2.63. The van der Waals surface area contributed by atoms with Crippen molar-refractivity contribution in [1.29, 1.82) is 0 Å². The Hall–Kier alpha value is -2.37. The highest BCUT2D eigenvalue weighted by Crippen LogP contribution is 2.22. The van der Waals surface area contributed by atoms with Gasteiger partial charge in [0.1, 0.15) is 0 Å². The summed E-state index contributed by atoms with van der Waals surface area (Å²) in [6.45, 7) is -0.352. The number of hydrogen-bond acceptors (Lipinski definition) is 4. The number of rotatable bonds is 4. The van der Waals surface area contributed by atoms with E-state index in [4.69, 9.17) is 5.53 Å². The topological polar surface area (TPSA) is 106 Å². The molecule has 0 radical (unpaired) electrons. The molecule has 1 atom stereocenters. The van der Waals surface area contributed by atoms with E-state index in [9.17, 15) is 14.7 Å². The lowest BCUT2D eigenvalue weighted by Crippen LogP contribution is -2.37. The molecule has 1 aromatic carbocycles. The van der Waals surface area contributed by atoms with Gasteiger partial charge >= 0.3 is 0 Å². The van der Waals surface area contributed by atoms with Gasteiger partial charge in [0.05, 0.1) is 30.3 Å². The summed E-state index contributed by atoms with van der Waals surface area (Å²) < 4.78 is 0. The van der Waals surface area contributed by atoms with Gasteiger partial charge in [-0.25, -0.2) is 0 Å². The van der Waals surface area contributed by atoms with Gasteiger partial charge in [0.25, 0.3) is 11.8 Å². The summed E-state index contributed by atoms with van der Waals surface area (Å²) >= 11 is 0. The number of nitrogens with zero attached hydrogens (tertiary/aromatic N) is 4. The largest absolute Gasteiger partial charge is 0.391 e. The summed E-state index contributed by atoms with van der Waals surface area (Å²) in [5.41, 5.74) is 8.79. The van der Waals surface area contributed by atoms with Crippen molar-refractivity contribution in [3.05, 3.63) is 45.8 Å². The van der Waals surface area contributed by atoms with Crippen LogP contribution in [0.4, 0.5) is 0 Å². The van der Waals surface area contributed by atoms with E-state index in [1.54, 1.807) is 24.3 Å². The molecule has 2 rings (SSSR count). The van der Waals surface area contributed by atoms with Gasteiger partial charge in [-0.2, -0.15) is 0 Å². The molecule has 1 aliphatic heterocycles. The fourth-order valence-corrected chi connectivity index (χ4v) is 1.80. The summed E-state index contributed by atoms with van der Waals surface area (Å²) in [5.74, 6) is -0.869. The fraction of sp³-hybridized carbons (Fsp3) is 0.273. The summed E-state index contributed by atoms with van der Waals surface area (Å²) in [7, 11) is 0. The van der Waals surface area contributed by atoms with Gasteiger partial charge in [-0.3, -0.25) is 14.5 Å². The van der Waals surface area contributed by atoms with Crippen LogP contribution in [-0.2, 0) is 0 Å². The Morgan fingerprint density at radius 3 is 2.33 bits per heavy atom. The molecule has 92 valence electrons. The zero-order valence-electron chi connectivity index (χ0n) is 9.35. The van der Waals surface area contributed by atoms with Crippen LogP contribution in [0.1, 0.15) is 20.7 Å². The molecule has 0 fully saturated rings. The standard InChI is InChI=1S/C11H10N4O3/c12-14-13-5-7(16)6-15-10(17)8-3-1-2-4-9(8)11(15)18/h1-4,7,16H,5-6H2/t7-/m0/s1. The highest BCUT2D eigenvalue weighted by molar-refractivity contribution is 6.21. The van der Waals surface area contributed by atoms with Crippen LogP contribution in [0.2, 0.25) is 0 Å². The zero-order valence-corrected chi connectivity index (χ0v) is 9.35. The molecular weight excluding hydrogens is 236 g/mol. The van der Waals surface area contributed by atoms with Gasteiger partial charge in [0.2, 0.25) is 0 Å². The molecule has 2 amide bonds. The van der Waals surface area contributed by atoms with Crippen molar-refractivity contribution in [1.82, 2.24) is 4.90 Å². The van der Waals surface area contributed by atoms with Gasteiger partial charge in [-0.1, -0.05) is 17.2 Å². The molecule has 0 aliphatic carbocycles. The van der Waals surface area contributed by atoms with E-state index in [0.717, 1.165) is 4.90 Å².